The Balaban J connectivity index is 1.49. The molecule has 15 nitrogen and oxygen atoms in total. The summed E-state index contributed by atoms with van der Waals surface area (Å²) in [6, 6.07) is 14.6. The normalized spacial score (nSPS) is 33.7. The van der Waals surface area contributed by atoms with Crippen molar-refractivity contribution < 1.29 is 68.1 Å². The number of alkyl carbamates (subject to hydrolysis) is 1. The zero-order valence-corrected chi connectivity index (χ0v) is 33.9. The number of carbonyl (C=O) groups excluding carboxylic acids is 5. The number of ketones is 1. The molecular weight excluding hydrogens is 754 g/mol. The van der Waals surface area contributed by atoms with E-state index in [1.165, 1.54) is 26.0 Å². The molecule has 3 fully saturated rings. The van der Waals surface area contributed by atoms with Crippen LogP contribution in [0.1, 0.15) is 90.2 Å². The van der Waals surface area contributed by atoms with Gasteiger partial charge in [0.15, 0.2) is 17.5 Å². The summed E-state index contributed by atoms with van der Waals surface area (Å²) >= 11 is 0. The standard InChI is InChI=1S/C43H53NO14/c1-22-26(55-37(51)32(48)30(24-15-11-9-12-16-24)44-38(52)58-39(3,4)5)20-43(53)35(56-36(50)25-17-13-10-14-18-25)33-41(8,34(49)31(47)29(22)40(43,6)7)27(46)19-28-42(33,21-54-28)57-23(2)45/h9-18,26-28,30-33,35,46-48,53H,19-21H2,1-8H3,(H,44,52)/t26-,27-,28-,30+,31-,32+,33+,35-,41-,42?,43-/m1/s1. The Morgan fingerprint density at radius 1 is 0.948 bits per heavy atom. The maximum atomic E-state index is 14.9. The zero-order valence-electron chi connectivity index (χ0n) is 33.9. The van der Waals surface area contributed by atoms with E-state index in [0.717, 1.165) is 6.92 Å². The minimum atomic E-state index is -2.35. The van der Waals surface area contributed by atoms with Crippen LogP contribution in [0.5, 0.6) is 0 Å². The Kier molecular flexibility index (Phi) is 11.2. The van der Waals surface area contributed by atoms with Gasteiger partial charge >= 0.3 is 24.0 Å². The largest absolute Gasteiger partial charge is 0.456 e. The molecule has 1 amide bonds. The van der Waals surface area contributed by atoms with E-state index in [1.54, 1.807) is 83.1 Å². The van der Waals surface area contributed by atoms with Crippen LogP contribution in [0.25, 0.3) is 0 Å². The first-order valence-electron chi connectivity index (χ1n) is 19.3. The number of esters is 3. The Morgan fingerprint density at radius 3 is 2.10 bits per heavy atom. The van der Waals surface area contributed by atoms with Crippen molar-refractivity contribution in [2.45, 2.75) is 128 Å². The topological polar surface area (TPSA) is 224 Å². The number of benzene rings is 2. The van der Waals surface area contributed by atoms with Crippen molar-refractivity contribution in [1.82, 2.24) is 5.32 Å². The van der Waals surface area contributed by atoms with Crippen LogP contribution in [0.4, 0.5) is 4.79 Å². The summed E-state index contributed by atoms with van der Waals surface area (Å²) in [4.78, 5) is 68.9. The fourth-order valence-electron chi connectivity index (χ4n) is 9.56. The highest BCUT2D eigenvalue weighted by atomic mass is 16.6. The number of Topliss-reactive ketones (excluding diaryl/α,β-unsaturated/α-hetero) is 1. The fraction of sp³-hybridized carbons (Fsp3) is 0.558. The van der Waals surface area contributed by atoms with Crippen molar-refractivity contribution in [2.24, 2.45) is 16.7 Å². The highest BCUT2D eigenvalue weighted by Crippen LogP contribution is 2.64. The number of ether oxygens (including phenoxy) is 5. The molecule has 58 heavy (non-hydrogen) atoms. The van der Waals surface area contributed by atoms with Gasteiger partial charge in [0.25, 0.3) is 0 Å². The molecule has 1 unspecified atom stereocenters. The van der Waals surface area contributed by atoms with E-state index in [1.807, 2.05) is 0 Å². The first kappa shape index (κ1) is 42.9. The summed E-state index contributed by atoms with van der Waals surface area (Å²) in [5, 5.41) is 51.6. The van der Waals surface area contributed by atoms with E-state index >= 15 is 0 Å². The van der Waals surface area contributed by atoms with E-state index in [9.17, 15) is 44.4 Å². The number of amides is 1. The molecule has 2 aromatic carbocycles. The molecule has 0 radical (unpaired) electrons. The fourth-order valence-corrected chi connectivity index (χ4v) is 9.56. The lowest BCUT2D eigenvalue weighted by atomic mass is 9.44. The molecule has 2 saturated carbocycles. The lowest BCUT2D eigenvalue weighted by Gasteiger charge is -2.67. The maximum absolute atomic E-state index is 14.9. The minimum absolute atomic E-state index is 0.0637. The highest BCUT2D eigenvalue weighted by Gasteiger charge is 2.78. The smallest absolute Gasteiger partial charge is 0.408 e. The summed E-state index contributed by atoms with van der Waals surface area (Å²) in [6.07, 6.45) is -11.5. The van der Waals surface area contributed by atoms with E-state index in [4.69, 9.17) is 23.7 Å². The van der Waals surface area contributed by atoms with Gasteiger partial charge in [-0.15, -0.1) is 0 Å². The van der Waals surface area contributed by atoms with Gasteiger partial charge in [-0.3, -0.25) is 9.59 Å². The average Bonchev–Trinajstić information content (AvgIpc) is 3.14. The average molecular weight is 808 g/mol. The summed E-state index contributed by atoms with van der Waals surface area (Å²) in [5.41, 5.74) is -8.14. The van der Waals surface area contributed by atoms with Gasteiger partial charge in [0.05, 0.1) is 35.6 Å². The summed E-state index contributed by atoms with van der Waals surface area (Å²) in [7, 11) is 0. The van der Waals surface area contributed by atoms with Gasteiger partial charge in [0.1, 0.15) is 35.6 Å². The Hall–Kier alpha value is -4.67. The molecule has 2 aromatic rings. The summed E-state index contributed by atoms with van der Waals surface area (Å²) < 4.78 is 29.5. The lowest BCUT2D eigenvalue weighted by Crippen LogP contribution is -2.81. The van der Waals surface area contributed by atoms with Crippen molar-refractivity contribution in [3.8, 4) is 0 Å². The molecule has 1 saturated heterocycles. The van der Waals surface area contributed by atoms with Crippen LogP contribution in [-0.4, -0.2) is 110 Å². The number of hydrogen-bond acceptors (Lipinski definition) is 14. The van der Waals surface area contributed by atoms with Gasteiger partial charge in [0.2, 0.25) is 0 Å². The molecular formula is C43H53NO14. The third kappa shape index (κ3) is 7.10. The molecule has 2 bridgehead atoms. The molecule has 6 rings (SSSR count). The van der Waals surface area contributed by atoms with Crippen LogP contribution < -0.4 is 5.32 Å². The zero-order chi connectivity index (χ0) is 42.7. The number of carbonyl (C=O) groups is 5. The quantitative estimate of drug-likeness (QED) is 0.147. The third-order valence-corrected chi connectivity index (χ3v) is 12.6. The Morgan fingerprint density at radius 2 is 1.55 bits per heavy atom. The molecule has 1 aliphatic heterocycles. The van der Waals surface area contributed by atoms with Crippen LogP contribution in [0.3, 0.4) is 0 Å². The van der Waals surface area contributed by atoms with Gasteiger partial charge in [-0.1, -0.05) is 62.4 Å². The van der Waals surface area contributed by atoms with E-state index in [-0.39, 0.29) is 29.7 Å². The van der Waals surface area contributed by atoms with Crippen molar-refractivity contribution in [2.75, 3.05) is 6.61 Å². The van der Waals surface area contributed by atoms with Crippen LogP contribution in [0.15, 0.2) is 71.8 Å². The Labute approximate surface area is 336 Å². The molecule has 0 aromatic heterocycles. The second kappa shape index (κ2) is 15.2. The van der Waals surface area contributed by atoms with Crippen molar-refractivity contribution >= 4 is 29.8 Å². The van der Waals surface area contributed by atoms with Crippen LogP contribution in [0.2, 0.25) is 0 Å². The molecule has 0 spiro atoms. The van der Waals surface area contributed by atoms with Crippen molar-refractivity contribution in [1.29, 1.82) is 0 Å². The van der Waals surface area contributed by atoms with Crippen LogP contribution >= 0.6 is 0 Å². The first-order valence-corrected chi connectivity index (χ1v) is 19.3. The van der Waals surface area contributed by atoms with Gasteiger partial charge in [0, 0.05) is 25.2 Å². The first-order chi connectivity index (χ1) is 27.0. The molecule has 4 aliphatic rings. The molecule has 314 valence electrons. The summed E-state index contributed by atoms with van der Waals surface area (Å²) in [6.45, 7) is 11.8. The number of aliphatic hydroxyl groups is 4. The minimum Gasteiger partial charge on any atom is -0.456 e. The van der Waals surface area contributed by atoms with Gasteiger partial charge in [-0.25, -0.2) is 14.4 Å². The predicted molar refractivity (Wildman–Crippen MR) is 204 cm³/mol. The number of rotatable bonds is 8. The third-order valence-electron chi connectivity index (χ3n) is 12.6. The van der Waals surface area contributed by atoms with E-state index in [2.05, 4.69) is 5.32 Å². The number of fused-ring (bicyclic) bond motifs is 5. The molecule has 15 heteroatoms. The highest BCUT2D eigenvalue weighted by molar-refractivity contribution is 5.94. The SMILES string of the molecule is CC(=O)OC12CO[C@@H]1C[C@@H](O)[C@@]1(C)C(=O)[C@H](O)C3=C(C)[C@H](OC(=O)[C@@H](O)[C@@H](NC(=O)OC(C)(C)C)c4ccccc4)C[C@@](O)([C@H](OC(=O)c4ccccc4)[C@H]21)C3(C)C. The van der Waals surface area contributed by atoms with E-state index in [0.29, 0.717) is 5.56 Å². The van der Waals surface area contributed by atoms with Crippen LogP contribution in [-0.2, 0) is 38.1 Å². The Bertz CT molecular complexity index is 1980. The summed E-state index contributed by atoms with van der Waals surface area (Å²) in [5.74, 6) is -5.36. The maximum Gasteiger partial charge on any atom is 0.408 e. The van der Waals surface area contributed by atoms with Gasteiger partial charge in [-0.05, 0) is 63.5 Å². The second-order valence-corrected chi connectivity index (χ2v) is 17.6. The monoisotopic (exact) mass is 807 g/mol. The number of hydrogen-bond donors (Lipinski definition) is 5. The molecule has 3 aliphatic carbocycles. The predicted octanol–water partition coefficient (Wildman–Crippen LogP) is 3.26. The lowest BCUT2D eigenvalue weighted by molar-refractivity contribution is -0.346. The van der Waals surface area contributed by atoms with E-state index < -0.39 is 112 Å². The second-order valence-electron chi connectivity index (χ2n) is 17.6. The van der Waals surface area contributed by atoms with Crippen LogP contribution in [0, 0.1) is 16.7 Å². The van der Waals surface area contributed by atoms with Gasteiger partial charge in [-0.2, -0.15) is 0 Å². The number of nitrogens with one attached hydrogen (secondary N) is 1. The molecule has 11 atom stereocenters. The van der Waals surface area contributed by atoms with Crippen molar-refractivity contribution in [3.63, 3.8) is 0 Å². The van der Waals surface area contributed by atoms with Crippen molar-refractivity contribution in [3.05, 3.63) is 82.9 Å². The van der Waals surface area contributed by atoms with Gasteiger partial charge < -0.3 is 49.4 Å². The molecule has 5 N–H and O–H groups in total. The number of aliphatic hydroxyl groups excluding tert-OH is 3. The molecule has 1 heterocycles.